The third-order valence-electron chi connectivity index (χ3n) is 3.58. The SMILES string of the molecule is CC(=O)Nc1cccc(-c2nnc(SCC(=O)Nc3ccccc3C)o2)c1. The number of carbonyl (C=O) groups is 2. The van der Waals surface area contributed by atoms with Crippen LogP contribution in [0.15, 0.2) is 58.2 Å². The van der Waals surface area contributed by atoms with Gasteiger partial charge in [-0.2, -0.15) is 0 Å². The molecule has 3 aromatic rings. The minimum atomic E-state index is -0.159. The van der Waals surface area contributed by atoms with Crippen LogP contribution in [-0.4, -0.2) is 27.8 Å². The van der Waals surface area contributed by atoms with Crippen molar-refractivity contribution in [1.82, 2.24) is 10.2 Å². The lowest BCUT2D eigenvalue weighted by Crippen LogP contribution is -2.14. The Kier molecular flexibility index (Phi) is 5.87. The van der Waals surface area contributed by atoms with Gasteiger partial charge in [-0.1, -0.05) is 36.0 Å². The Labute approximate surface area is 160 Å². The minimum Gasteiger partial charge on any atom is -0.411 e. The summed E-state index contributed by atoms with van der Waals surface area (Å²) in [7, 11) is 0. The van der Waals surface area contributed by atoms with Crippen LogP contribution in [0.1, 0.15) is 12.5 Å². The van der Waals surface area contributed by atoms with Gasteiger partial charge >= 0.3 is 0 Å². The van der Waals surface area contributed by atoms with Crippen LogP contribution >= 0.6 is 11.8 Å². The van der Waals surface area contributed by atoms with E-state index in [2.05, 4.69) is 20.8 Å². The summed E-state index contributed by atoms with van der Waals surface area (Å²) in [6.45, 7) is 3.37. The molecular weight excluding hydrogens is 364 g/mol. The first-order chi connectivity index (χ1) is 13.0. The Balaban J connectivity index is 1.60. The average molecular weight is 382 g/mol. The summed E-state index contributed by atoms with van der Waals surface area (Å²) in [5.74, 6) is 0.168. The second-order valence-electron chi connectivity index (χ2n) is 5.79. The highest BCUT2D eigenvalue weighted by Crippen LogP contribution is 2.25. The number of nitrogens with one attached hydrogen (secondary N) is 2. The molecule has 0 saturated carbocycles. The molecule has 8 heteroatoms. The van der Waals surface area contributed by atoms with Crippen molar-refractivity contribution in [2.75, 3.05) is 16.4 Å². The number of aromatic nitrogens is 2. The molecule has 0 fully saturated rings. The van der Waals surface area contributed by atoms with Crippen molar-refractivity contribution < 1.29 is 14.0 Å². The van der Waals surface area contributed by atoms with E-state index in [1.807, 2.05) is 31.2 Å². The van der Waals surface area contributed by atoms with E-state index in [4.69, 9.17) is 4.42 Å². The van der Waals surface area contributed by atoms with Gasteiger partial charge in [0.25, 0.3) is 5.22 Å². The van der Waals surface area contributed by atoms with Crippen molar-refractivity contribution >= 4 is 35.0 Å². The first-order valence-corrected chi connectivity index (χ1v) is 9.19. The topological polar surface area (TPSA) is 97.1 Å². The Morgan fingerprint density at radius 1 is 1.07 bits per heavy atom. The molecule has 1 heterocycles. The number of para-hydroxylation sites is 1. The van der Waals surface area contributed by atoms with Crippen LogP contribution in [0, 0.1) is 6.92 Å². The lowest BCUT2D eigenvalue weighted by molar-refractivity contribution is -0.114. The predicted octanol–water partition coefficient (Wildman–Crippen LogP) is 3.73. The molecule has 0 atom stereocenters. The second kappa shape index (κ2) is 8.50. The predicted molar refractivity (Wildman–Crippen MR) is 105 cm³/mol. The van der Waals surface area contributed by atoms with Gasteiger partial charge in [0.15, 0.2) is 0 Å². The van der Waals surface area contributed by atoms with Crippen molar-refractivity contribution in [2.45, 2.75) is 19.1 Å². The molecule has 1 aromatic heterocycles. The standard InChI is InChI=1S/C19H18N4O3S/c1-12-6-3-4-9-16(12)21-17(25)11-27-19-23-22-18(26-19)14-7-5-8-15(10-14)20-13(2)24/h3-10H,11H2,1-2H3,(H,20,24)(H,21,25). The molecule has 0 aliphatic rings. The van der Waals surface area contributed by atoms with Gasteiger partial charge in [0.05, 0.1) is 5.75 Å². The molecule has 3 rings (SSSR count). The Bertz CT molecular complexity index is 971. The fourth-order valence-corrected chi connectivity index (χ4v) is 2.91. The van der Waals surface area contributed by atoms with Gasteiger partial charge < -0.3 is 15.1 Å². The van der Waals surface area contributed by atoms with Gasteiger partial charge in [-0.3, -0.25) is 9.59 Å². The fourth-order valence-electron chi connectivity index (χ4n) is 2.34. The lowest BCUT2D eigenvalue weighted by atomic mass is 10.2. The summed E-state index contributed by atoms with van der Waals surface area (Å²) >= 11 is 1.16. The van der Waals surface area contributed by atoms with Gasteiger partial charge in [0, 0.05) is 23.9 Å². The van der Waals surface area contributed by atoms with E-state index in [9.17, 15) is 9.59 Å². The summed E-state index contributed by atoms with van der Waals surface area (Å²) in [6.07, 6.45) is 0. The van der Waals surface area contributed by atoms with Crippen LogP contribution < -0.4 is 10.6 Å². The van der Waals surface area contributed by atoms with Crippen LogP contribution in [-0.2, 0) is 9.59 Å². The number of nitrogens with zero attached hydrogens (tertiary/aromatic N) is 2. The van der Waals surface area contributed by atoms with Crippen LogP contribution in [0.3, 0.4) is 0 Å². The zero-order chi connectivity index (χ0) is 19.2. The maximum absolute atomic E-state index is 12.1. The molecule has 2 aromatic carbocycles. The Hall–Kier alpha value is -3.13. The maximum Gasteiger partial charge on any atom is 0.277 e. The molecule has 0 bridgehead atoms. The zero-order valence-corrected chi connectivity index (χ0v) is 15.7. The first kappa shape index (κ1) is 18.7. The Morgan fingerprint density at radius 2 is 1.89 bits per heavy atom. The van der Waals surface area contributed by atoms with Crippen molar-refractivity contribution in [2.24, 2.45) is 0 Å². The lowest BCUT2D eigenvalue weighted by Gasteiger charge is -2.06. The quantitative estimate of drug-likeness (QED) is 0.631. The third kappa shape index (κ3) is 5.18. The third-order valence-corrected chi connectivity index (χ3v) is 4.40. The number of aryl methyl sites for hydroxylation is 1. The van der Waals surface area contributed by atoms with Gasteiger partial charge in [-0.25, -0.2) is 0 Å². The highest BCUT2D eigenvalue weighted by atomic mass is 32.2. The molecule has 2 amide bonds. The van der Waals surface area contributed by atoms with Crippen molar-refractivity contribution in [3.8, 4) is 11.5 Å². The van der Waals surface area contributed by atoms with E-state index in [1.54, 1.807) is 24.3 Å². The monoisotopic (exact) mass is 382 g/mol. The molecule has 0 unspecified atom stereocenters. The van der Waals surface area contributed by atoms with Gasteiger partial charge in [-0.15, -0.1) is 10.2 Å². The summed E-state index contributed by atoms with van der Waals surface area (Å²) < 4.78 is 5.60. The second-order valence-corrected chi connectivity index (χ2v) is 6.71. The molecule has 27 heavy (non-hydrogen) atoms. The van der Waals surface area contributed by atoms with E-state index < -0.39 is 0 Å². The summed E-state index contributed by atoms with van der Waals surface area (Å²) in [6, 6.07) is 14.7. The van der Waals surface area contributed by atoms with Crippen LogP contribution in [0.4, 0.5) is 11.4 Å². The van der Waals surface area contributed by atoms with Crippen LogP contribution in [0.2, 0.25) is 0 Å². The van der Waals surface area contributed by atoms with E-state index in [-0.39, 0.29) is 17.6 Å². The van der Waals surface area contributed by atoms with Crippen LogP contribution in [0.5, 0.6) is 0 Å². The van der Waals surface area contributed by atoms with Gasteiger partial charge in [0.2, 0.25) is 17.7 Å². The molecule has 138 valence electrons. The molecule has 0 aliphatic carbocycles. The summed E-state index contributed by atoms with van der Waals surface area (Å²) in [4.78, 5) is 23.3. The molecule has 0 radical (unpaired) electrons. The normalized spacial score (nSPS) is 10.4. The number of anilines is 2. The highest BCUT2D eigenvalue weighted by molar-refractivity contribution is 7.99. The largest absolute Gasteiger partial charge is 0.411 e. The fraction of sp³-hybridized carbons (Fsp3) is 0.158. The number of hydrogen-bond donors (Lipinski definition) is 2. The number of benzene rings is 2. The molecular formula is C19H18N4O3S. The van der Waals surface area contributed by atoms with E-state index in [1.165, 1.54) is 6.92 Å². The number of rotatable bonds is 6. The summed E-state index contributed by atoms with van der Waals surface area (Å²) in [5.41, 5.74) is 3.11. The smallest absolute Gasteiger partial charge is 0.277 e. The first-order valence-electron chi connectivity index (χ1n) is 8.21. The van der Waals surface area contributed by atoms with Crippen molar-refractivity contribution in [1.29, 1.82) is 0 Å². The van der Waals surface area contributed by atoms with Crippen molar-refractivity contribution in [3.05, 3.63) is 54.1 Å². The van der Waals surface area contributed by atoms with E-state index in [0.29, 0.717) is 22.4 Å². The summed E-state index contributed by atoms with van der Waals surface area (Å²) in [5, 5.41) is 13.8. The molecule has 0 saturated heterocycles. The molecule has 7 nitrogen and oxygen atoms in total. The number of amides is 2. The van der Waals surface area contributed by atoms with Gasteiger partial charge in [0.1, 0.15) is 0 Å². The Morgan fingerprint density at radius 3 is 2.67 bits per heavy atom. The molecule has 0 spiro atoms. The van der Waals surface area contributed by atoms with Crippen LogP contribution in [0.25, 0.3) is 11.5 Å². The number of thioether (sulfide) groups is 1. The molecule has 0 aliphatic heterocycles. The van der Waals surface area contributed by atoms with Gasteiger partial charge in [-0.05, 0) is 36.8 Å². The van der Waals surface area contributed by atoms with Crippen molar-refractivity contribution in [3.63, 3.8) is 0 Å². The maximum atomic E-state index is 12.1. The highest BCUT2D eigenvalue weighted by Gasteiger charge is 2.12. The number of carbonyl (C=O) groups excluding carboxylic acids is 2. The minimum absolute atomic E-state index is 0.151. The van der Waals surface area contributed by atoms with E-state index >= 15 is 0 Å². The molecule has 2 N–H and O–H groups in total. The van der Waals surface area contributed by atoms with E-state index in [0.717, 1.165) is 23.0 Å². The number of hydrogen-bond acceptors (Lipinski definition) is 6. The average Bonchev–Trinajstić information content (AvgIpc) is 3.11. The zero-order valence-electron chi connectivity index (χ0n) is 14.9.